The summed E-state index contributed by atoms with van der Waals surface area (Å²) in [6.45, 7) is 12.2. The van der Waals surface area contributed by atoms with Crippen molar-refractivity contribution >= 4 is 62.1 Å². The topological polar surface area (TPSA) is 95.8 Å². The minimum Gasteiger partial charge on any atom is -0.390 e. The molecule has 8 rings (SSSR count). The summed E-state index contributed by atoms with van der Waals surface area (Å²) >= 11 is 3.10. The summed E-state index contributed by atoms with van der Waals surface area (Å²) in [5.74, 6) is 0.991. The van der Waals surface area contributed by atoms with Crippen molar-refractivity contribution in [2.75, 3.05) is 5.73 Å². The molecule has 5 heterocycles. The minimum absolute atomic E-state index is 0.143. The van der Waals surface area contributed by atoms with Crippen LogP contribution in [-0.4, -0.2) is 31.4 Å². The molecule has 7 aromatic rings. The number of anilines is 1. The monoisotopic (exact) mass is 629 g/mol. The van der Waals surface area contributed by atoms with E-state index in [9.17, 15) is 9.59 Å². The molecule has 1 aliphatic rings. The third-order valence-corrected chi connectivity index (χ3v) is 10.7. The van der Waals surface area contributed by atoms with Gasteiger partial charge in [0, 0.05) is 36.9 Å². The number of carbonyl (C=O) groups is 2. The van der Waals surface area contributed by atoms with Crippen LogP contribution in [0.3, 0.4) is 0 Å². The number of imidazole rings is 2. The highest BCUT2D eigenvalue weighted by Crippen LogP contribution is 2.50. The molecule has 0 unspecified atom stereocenters. The van der Waals surface area contributed by atoms with E-state index in [-0.39, 0.29) is 5.91 Å². The molecular weight excluding hydrogens is 599 g/mol. The Morgan fingerprint density at radius 3 is 1.93 bits per heavy atom. The van der Waals surface area contributed by atoms with Crippen molar-refractivity contribution in [3.63, 3.8) is 0 Å². The van der Waals surface area contributed by atoms with Crippen molar-refractivity contribution in [2.24, 2.45) is 0 Å². The Morgan fingerprint density at radius 2 is 1.31 bits per heavy atom. The van der Waals surface area contributed by atoms with E-state index in [0.717, 1.165) is 55.1 Å². The summed E-state index contributed by atoms with van der Waals surface area (Å²) in [5.41, 5.74) is 15.9. The van der Waals surface area contributed by atoms with Crippen LogP contribution in [0.4, 0.5) is 5.00 Å². The maximum Gasteiger partial charge on any atom is 0.264 e. The number of thiophene rings is 2. The summed E-state index contributed by atoms with van der Waals surface area (Å²) in [5, 5.41) is 0.678. The van der Waals surface area contributed by atoms with Gasteiger partial charge in [-0.05, 0) is 62.6 Å². The Balaban J connectivity index is 0.00000160. The molecule has 0 fully saturated rings. The van der Waals surface area contributed by atoms with Crippen LogP contribution in [-0.2, 0) is 4.79 Å². The van der Waals surface area contributed by atoms with Gasteiger partial charge < -0.3 is 5.73 Å². The molecule has 7 nitrogen and oxygen atoms in total. The summed E-state index contributed by atoms with van der Waals surface area (Å²) in [6, 6.07) is 19.6. The van der Waals surface area contributed by atoms with E-state index in [1.807, 2.05) is 82.3 Å². The van der Waals surface area contributed by atoms with Crippen LogP contribution in [0.15, 0.2) is 60.7 Å². The van der Waals surface area contributed by atoms with Gasteiger partial charge in [0.15, 0.2) is 0 Å². The molecule has 0 aliphatic carbocycles. The number of fused-ring (bicyclic) bond motifs is 6. The number of benzene rings is 3. The molecule has 0 amide bonds. The molecule has 0 radical (unpaired) electrons. The lowest BCUT2D eigenvalue weighted by atomic mass is 10.0. The minimum atomic E-state index is -0.143. The third-order valence-electron chi connectivity index (χ3n) is 8.44. The van der Waals surface area contributed by atoms with Crippen molar-refractivity contribution < 1.29 is 9.59 Å². The lowest BCUT2D eigenvalue weighted by Gasteiger charge is -2.12. The van der Waals surface area contributed by atoms with Gasteiger partial charge in [-0.1, -0.05) is 56.3 Å². The van der Waals surface area contributed by atoms with E-state index in [1.54, 1.807) is 20.5 Å². The summed E-state index contributed by atoms with van der Waals surface area (Å²) in [6.07, 6.45) is 0.822. The molecule has 0 bridgehead atoms. The number of aryl methyl sites for hydroxylation is 4. The lowest BCUT2D eigenvalue weighted by molar-refractivity contribution is 0.0973. The largest absolute Gasteiger partial charge is 0.390 e. The predicted octanol–water partition coefficient (Wildman–Crippen LogP) is 9.06. The van der Waals surface area contributed by atoms with E-state index in [4.69, 9.17) is 15.7 Å². The van der Waals surface area contributed by atoms with Gasteiger partial charge in [-0.15, -0.1) is 22.7 Å². The molecule has 4 aromatic heterocycles. The van der Waals surface area contributed by atoms with Crippen molar-refractivity contribution in [1.29, 1.82) is 0 Å². The highest BCUT2D eigenvalue weighted by Gasteiger charge is 2.36. The number of hydrogen-bond acceptors (Lipinski definition) is 7. The molecule has 2 N–H and O–H groups in total. The standard InChI is InChI=1S/C34H25N5O2S2.C2H6/c1-16-9-5-6-10-20(16)32-36-27-25(23-13-17(2)19(4)42-23)28-30(39-33(37-28)21-11-7-8-12-22(21)34(39)41)26(29(27)38(32)15-40)24-14-18(3)31(35)43-24;1-2/h5-15H,35H2,1-4H3;1-2H3. The van der Waals surface area contributed by atoms with Gasteiger partial charge >= 0.3 is 0 Å². The molecule has 0 saturated heterocycles. The van der Waals surface area contributed by atoms with Crippen LogP contribution in [0.1, 0.15) is 45.8 Å². The Labute approximate surface area is 268 Å². The van der Waals surface area contributed by atoms with Gasteiger partial charge in [-0.25, -0.2) is 9.97 Å². The van der Waals surface area contributed by atoms with Gasteiger partial charge in [-0.3, -0.25) is 18.7 Å². The molecule has 0 spiro atoms. The average Bonchev–Trinajstić information content (AvgIpc) is 3.84. The number of aromatic nitrogens is 4. The molecule has 224 valence electrons. The van der Waals surface area contributed by atoms with Gasteiger partial charge in [-0.2, -0.15) is 0 Å². The third kappa shape index (κ3) is 4.07. The summed E-state index contributed by atoms with van der Waals surface area (Å²) < 4.78 is 3.34. The summed E-state index contributed by atoms with van der Waals surface area (Å²) in [4.78, 5) is 40.7. The predicted molar refractivity (Wildman–Crippen MR) is 187 cm³/mol. The second-order valence-electron chi connectivity index (χ2n) is 11.0. The highest BCUT2D eigenvalue weighted by molar-refractivity contribution is 7.19. The number of nitrogens with zero attached hydrogens (tertiary/aromatic N) is 4. The Hall–Kier alpha value is -4.86. The molecule has 1 aliphatic heterocycles. The number of rotatable bonds is 4. The van der Waals surface area contributed by atoms with Gasteiger partial charge in [0.1, 0.15) is 22.7 Å². The Morgan fingerprint density at radius 1 is 0.711 bits per heavy atom. The fraction of sp³-hybridized carbons (Fsp3) is 0.167. The fourth-order valence-corrected chi connectivity index (χ4v) is 8.23. The second-order valence-corrected chi connectivity index (χ2v) is 13.3. The molecule has 9 heteroatoms. The first-order valence-corrected chi connectivity index (χ1v) is 16.5. The van der Waals surface area contributed by atoms with E-state index in [0.29, 0.717) is 44.3 Å². The molecule has 3 aromatic carbocycles. The van der Waals surface area contributed by atoms with Crippen LogP contribution in [0.2, 0.25) is 0 Å². The first-order chi connectivity index (χ1) is 21.8. The molecule has 0 atom stereocenters. The smallest absolute Gasteiger partial charge is 0.264 e. The number of carbonyl (C=O) groups excluding carboxylic acids is 2. The average molecular weight is 630 g/mol. The Bertz CT molecular complexity index is 2310. The van der Waals surface area contributed by atoms with E-state index in [2.05, 4.69) is 19.9 Å². The van der Waals surface area contributed by atoms with E-state index in [1.165, 1.54) is 16.2 Å². The normalized spacial score (nSPS) is 12.0. The quantitative estimate of drug-likeness (QED) is 0.196. The number of nitrogen functional groups attached to an aromatic ring is 1. The summed E-state index contributed by atoms with van der Waals surface area (Å²) in [7, 11) is 0. The van der Waals surface area contributed by atoms with Crippen LogP contribution in [0, 0.1) is 27.7 Å². The van der Waals surface area contributed by atoms with E-state index >= 15 is 0 Å². The van der Waals surface area contributed by atoms with Gasteiger partial charge in [0.05, 0.1) is 21.6 Å². The maximum atomic E-state index is 14.1. The van der Waals surface area contributed by atoms with Crippen LogP contribution >= 0.6 is 22.7 Å². The zero-order chi connectivity index (χ0) is 31.7. The first-order valence-electron chi connectivity index (χ1n) is 14.9. The lowest BCUT2D eigenvalue weighted by Crippen LogP contribution is -2.07. The van der Waals surface area contributed by atoms with Crippen LogP contribution < -0.4 is 5.73 Å². The van der Waals surface area contributed by atoms with Crippen molar-refractivity contribution in [3.8, 4) is 43.7 Å². The SMILES string of the molecule is CC.Cc1ccccc1-c1nc2c(-c3cc(C)c(C)s3)c3nc4n(c3c(-c3cc(C)c(N)s3)c2n1C=O)C(=O)c1ccccc1-4. The number of nitrogens with two attached hydrogens (primary N) is 1. The zero-order valence-electron chi connectivity index (χ0n) is 25.9. The Kier molecular flexibility index (Phi) is 6.83. The van der Waals surface area contributed by atoms with Crippen LogP contribution in [0.25, 0.3) is 65.7 Å². The van der Waals surface area contributed by atoms with Crippen molar-refractivity contribution in [1.82, 2.24) is 19.1 Å². The van der Waals surface area contributed by atoms with Crippen molar-refractivity contribution in [2.45, 2.75) is 41.5 Å². The zero-order valence-corrected chi connectivity index (χ0v) is 27.5. The second kappa shape index (κ2) is 10.6. The molecular formula is C36H31N5O2S2. The molecule has 0 saturated carbocycles. The van der Waals surface area contributed by atoms with Crippen molar-refractivity contribution in [3.05, 3.63) is 87.8 Å². The van der Waals surface area contributed by atoms with Gasteiger partial charge in [0.25, 0.3) is 5.91 Å². The van der Waals surface area contributed by atoms with Crippen LogP contribution in [0.5, 0.6) is 0 Å². The molecule has 45 heavy (non-hydrogen) atoms. The highest BCUT2D eigenvalue weighted by atomic mass is 32.1. The number of hydrogen-bond donors (Lipinski definition) is 1. The fourth-order valence-electron chi connectivity index (χ4n) is 6.16. The van der Waals surface area contributed by atoms with E-state index < -0.39 is 0 Å². The first kappa shape index (κ1) is 28.9. The maximum absolute atomic E-state index is 14.1. The van der Waals surface area contributed by atoms with Gasteiger partial charge in [0.2, 0.25) is 6.41 Å².